The van der Waals surface area contributed by atoms with E-state index in [9.17, 15) is 0 Å². The Kier molecular flexibility index (Phi) is 5.91. The van der Waals surface area contributed by atoms with E-state index < -0.39 is 0 Å². The van der Waals surface area contributed by atoms with Crippen molar-refractivity contribution in [1.82, 2.24) is 0 Å². The molecule has 0 heteroatoms. The summed E-state index contributed by atoms with van der Waals surface area (Å²) in [5.74, 6) is 1.94. The van der Waals surface area contributed by atoms with Gasteiger partial charge in [0.05, 0.1) is 0 Å². The molecule has 2 fully saturated rings. The first-order valence-corrected chi connectivity index (χ1v) is 9.62. The SMILES string of the molecule is CC1(C)CC(C(C)(C)C)C1.CC1(C)CCC(C(C)(C)C)CC1. The molecule has 0 amide bonds. The highest BCUT2D eigenvalue weighted by atomic mass is 14.5. The second-order valence-electron chi connectivity index (χ2n) is 11.9. The van der Waals surface area contributed by atoms with Crippen LogP contribution in [0.1, 0.15) is 108 Å². The fraction of sp³-hybridized carbons (Fsp3) is 1.00. The molecule has 0 aromatic rings. The van der Waals surface area contributed by atoms with Crippen LogP contribution < -0.4 is 0 Å². The van der Waals surface area contributed by atoms with Crippen LogP contribution in [0.5, 0.6) is 0 Å². The van der Waals surface area contributed by atoms with E-state index in [1.54, 1.807) is 0 Å². The molecule has 0 bridgehead atoms. The molecule has 132 valence electrons. The molecular weight excluding hydrogens is 264 g/mol. The van der Waals surface area contributed by atoms with Crippen molar-refractivity contribution in [2.75, 3.05) is 0 Å². The van der Waals surface area contributed by atoms with Gasteiger partial charge in [-0.3, -0.25) is 0 Å². The van der Waals surface area contributed by atoms with Gasteiger partial charge in [0.1, 0.15) is 0 Å². The molecule has 0 spiro atoms. The van der Waals surface area contributed by atoms with Crippen molar-refractivity contribution in [1.29, 1.82) is 0 Å². The Morgan fingerprint density at radius 2 is 0.955 bits per heavy atom. The van der Waals surface area contributed by atoms with E-state index in [2.05, 4.69) is 69.2 Å². The number of hydrogen-bond acceptors (Lipinski definition) is 0. The monoisotopic (exact) mass is 308 g/mol. The zero-order chi connectivity index (χ0) is 17.4. The van der Waals surface area contributed by atoms with Crippen molar-refractivity contribution in [3.8, 4) is 0 Å². The first-order valence-electron chi connectivity index (χ1n) is 9.62. The van der Waals surface area contributed by atoms with E-state index in [1.807, 2.05) is 0 Å². The lowest BCUT2D eigenvalue weighted by molar-refractivity contribution is 0.0147. The van der Waals surface area contributed by atoms with Gasteiger partial charge in [0.25, 0.3) is 0 Å². The Hall–Kier alpha value is 0. The van der Waals surface area contributed by atoms with Gasteiger partial charge in [-0.05, 0) is 72.0 Å². The summed E-state index contributed by atoms with van der Waals surface area (Å²) in [5.41, 5.74) is 2.37. The summed E-state index contributed by atoms with van der Waals surface area (Å²) < 4.78 is 0. The molecule has 0 heterocycles. The maximum Gasteiger partial charge on any atom is -0.0349 e. The molecule has 2 saturated carbocycles. The minimum absolute atomic E-state index is 0.538. The highest BCUT2D eigenvalue weighted by molar-refractivity contribution is 4.92. The van der Waals surface area contributed by atoms with Gasteiger partial charge in [0.15, 0.2) is 0 Å². The molecule has 0 radical (unpaired) electrons. The molecule has 0 nitrogen and oxygen atoms in total. The lowest BCUT2D eigenvalue weighted by Crippen LogP contribution is -2.39. The van der Waals surface area contributed by atoms with Crippen LogP contribution >= 0.6 is 0 Å². The average molecular weight is 309 g/mol. The summed E-state index contributed by atoms with van der Waals surface area (Å²) in [4.78, 5) is 0. The van der Waals surface area contributed by atoms with Crippen LogP contribution in [0.25, 0.3) is 0 Å². The van der Waals surface area contributed by atoms with Gasteiger partial charge in [0.2, 0.25) is 0 Å². The van der Waals surface area contributed by atoms with Crippen molar-refractivity contribution in [2.45, 2.75) is 108 Å². The zero-order valence-corrected chi connectivity index (χ0v) is 17.4. The van der Waals surface area contributed by atoms with Crippen molar-refractivity contribution in [2.24, 2.45) is 33.5 Å². The van der Waals surface area contributed by atoms with Crippen LogP contribution in [0.3, 0.4) is 0 Å². The van der Waals surface area contributed by atoms with E-state index in [0.29, 0.717) is 21.7 Å². The molecule has 0 N–H and O–H groups in total. The lowest BCUT2D eigenvalue weighted by atomic mass is 9.56. The van der Waals surface area contributed by atoms with Crippen LogP contribution in [0.15, 0.2) is 0 Å². The standard InChI is InChI=1S/C12H24.C10H20/c1-11(2,3)10-6-8-12(4,5)9-7-10;1-9(2,3)8-6-10(4,5)7-8/h10H,6-9H2,1-5H3;8H,6-7H2,1-5H3. The highest BCUT2D eigenvalue weighted by Crippen LogP contribution is 2.52. The average Bonchev–Trinajstić information content (AvgIpc) is 2.23. The van der Waals surface area contributed by atoms with E-state index in [4.69, 9.17) is 0 Å². The maximum atomic E-state index is 2.41. The van der Waals surface area contributed by atoms with Crippen molar-refractivity contribution in [3.05, 3.63) is 0 Å². The second kappa shape index (κ2) is 6.48. The first-order chi connectivity index (χ1) is 9.62. The second-order valence-corrected chi connectivity index (χ2v) is 11.9. The molecule has 22 heavy (non-hydrogen) atoms. The van der Waals surface area contributed by atoms with Gasteiger partial charge in [-0.25, -0.2) is 0 Å². The molecule has 0 unspecified atom stereocenters. The Bertz CT molecular complexity index is 327. The third-order valence-electron chi connectivity index (χ3n) is 6.39. The minimum Gasteiger partial charge on any atom is -0.0599 e. The Morgan fingerprint density at radius 1 is 0.591 bits per heavy atom. The van der Waals surface area contributed by atoms with Gasteiger partial charge < -0.3 is 0 Å². The van der Waals surface area contributed by atoms with Crippen LogP contribution in [0.2, 0.25) is 0 Å². The van der Waals surface area contributed by atoms with Crippen molar-refractivity contribution >= 4 is 0 Å². The van der Waals surface area contributed by atoms with Gasteiger partial charge in [-0.2, -0.15) is 0 Å². The van der Waals surface area contributed by atoms with Crippen molar-refractivity contribution in [3.63, 3.8) is 0 Å². The van der Waals surface area contributed by atoms with Gasteiger partial charge in [-0.15, -0.1) is 0 Å². The molecule has 0 aliphatic heterocycles. The van der Waals surface area contributed by atoms with Crippen LogP contribution in [0, 0.1) is 33.5 Å². The molecule has 0 aromatic heterocycles. The summed E-state index contributed by atoms with van der Waals surface area (Å²) in [6, 6.07) is 0. The molecule has 0 atom stereocenters. The summed E-state index contributed by atoms with van der Waals surface area (Å²) in [6.07, 6.45) is 8.59. The Labute approximate surface area is 141 Å². The molecule has 0 saturated heterocycles. The van der Waals surface area contributed by atoms with E-state index >= 15 is 0 Å². The minimum atomic E-state index is 0.538. The highest BCUT2D eigenvalue weighted by Gasteiger charge is 2.41. The summed E-state index contributed by atoms with van der Waals surface area (Å²) in [7, 11) is 0. The molecule has 2 aliphatic rings. The summed E-state index contributed by atoms with van der Waals surface area (Å²) in [6.45, 7) is 23.8. The smallest absolute Gasteiger partial charge is 0.0349 e. The third-order valence-corrected chi connectivity index (χ3v) is 6.39. The van der Waals surface area contributed by atoms with Gasteiger partial charge in [0, 0.05) is 0 Å². The number of hydrogen-bond donors (Lipinski definition) is 0. The summed E-state index contributed by atoms with van der Waals surface area (Å²) >= 11 is 0. The predicted molar refractivity (Wildman–Crippen MR) is 101 cm³/mol. The van der Waals surface area contributed by atoms with Gasteiger partial charge in [-0.1, -0.05) is 69.2 Å². The van der Waals surface area contributed by atoms with Gasteiger partial charge >= 0.3 is 0 Å². The topological polar surface area (TPSA) is 0 Å². The van der Waals surface area contributed by atoms with Crippen LogP contribution in [-0.2, 0) is 0 Å². The molecule has 0 aromatic carbocycles. The van der Waals surface area contributed by atoms with E-state index in [1.165, 1.54) is 38.5 Å². The molecule has 2 rings (SSSR count). The quantitative estimate of drug-likeness (QED) is 0.429. The largest absolute Gasteiger partial charge is 0.0599 e. The predicted octanol–water partition coefficient (Wildman–Crippen LogP) is 7.72. The zero-order valence-electron chi connectivity index (χ0n) is 17.4. The van der Waals surface area contributed by atoms with E-state index in [-0.39, 0.29) is 0 Å². The van der Waals surface area contributed by atoms with Crippen LogP contribution in [0.4, 0.5) is 0 Å². The van der Waals surface area contributed by atoms with Crippen molar-refractivity contribution < 1.29 is 0 Å². The molecular formula is C22H44. The number of rotatable bonds is 0. The Morgan fingerprint density at radius 3 is 1.18 bits per heavy atom. The fourth-order valence-electron chi connectivity index (χ4n) is 4.15. The van der Waals surface area contributed by atoms with E-state index in [0.717, 1.165) is 11.8 Å². The molecule has 2 aliphatic carbocycles. The summed E-state index contributed by atoms with van der Waals surface area (Å²) in [5, 5.41) is 0. The third kappa shape index (κ3) is 6.25. The van der Waals surface area contributed by atoms with Crippen LogP contribution in [-0.4, -0.2) is 0 Å². The normalized spacial score (nSPS) is 25.9. The Balaban J connectivity index is 0.000000224. The fourth-order valence-corrected chi connectivity index (χ4v) is 4.15. The first kappa shape index (κ1) is 20.0. The lowest BCUT2D eigenvalue weighted by Gasteiger charge is -2.49. The maximum absolute atomic E-state index is 2.41.